The third-order valence-electron chi connectivity index (χ3n) is 8.21. The Balaban J connectivity index is 0.00000202. The lowest BCUT2D eigenvalue weighted by atomic mass is 9.91. The Morgan fingerprint density at radius 1 is 1.06 bits per heavy atom. The molecule has 1 aliphatic heterocycles. The highest BCUT2D eigenvalue weighted by Crippen LogP contribution is 2.41. The summed E-state index contributed by atoms with van der Waals surface area (Å²) in [6.45, 7) is 4.40. The predicted molar refractivity (Wildman–Crippen MR) is 191 cm³/mol. The monoisotopic (exact) mass is 726 g/mol. The summed E-state index contributed by atoms with van der Waals surface area (Å²) in [5.74, 6) is -0.425. The van der Waals surface area contributed by atoms with Crippen molar-refractivity contribution in [1.82, 2.24) is 15.8 Å². The second kappa shape index (κ2) is 18.3. The van der Waals surface area contributed by atoms with Crippen LogP contribution in [0.2, 0.25) is 0 Å². The first-order valence-electron chi connectivity index (χ1n) is 16.4. The van der Waals surface area contributed by atoms with E-state index < -0.39 is 17.3 Å². The SMILES string of the molecule is CC(C)(O)COc1ccc(-c2cnc(N3CCC(NCc4ccc(OCC(=O)NO)cc4)CC3)c(C#N)c2-c2ccc(C#N)c(F)c2)cc1O.O=CO. The van der Waals surface area contributed by atoms with Gasteiger partial charge in [-0.15, -0.1) is 0 Å². The van der Waals surface area contributed by atoms with Crippen LogP contribution in [-0.4, -0.2) is 75.8 Å². The van der Waals surface area contributed by atoms with Crippen molar-refractivity contribution in [3.05, 3.63) is 89.4 Å². The lowest BCUT2D eigenvalue weighted by Gasteiger charge is -2.34. The van der Waals surface area contributed by atoms with Crippen LogP contribution < -0.4 is 25.2 Å². The van der Waals surface area contributed by atoms with Crippen molar-refractivity contribution in [1.29, 1.82) is 10.5 Å². The fourth-order valence-corrected chi connectivity index (χ4v) is 5.63. The summed E-state index contributed by atoms with van der Waals surface area (Å²) >= 11 is 0. The Hall–Kier alpha value is -6.26. The quantitative estimate of drug-likeness (QED) is 0.0674. The number of halogens is 1. The number of ether oxygens (including phenoxy) is 2. The summed E-state index contributed by atoms with van der Waals surface area (Å²) in [7, 11) is 0. The minimum atomic E-state index is -1.11. The van der Waals surface area contributed by atoms with Crippen molar-refractivity contribution in [3.8, 4) is 51.6 Å². The standard InChI is InChI=1S/C37H37FN6O6.CH2O2/c1-37(2,47)22-50-33-10-7-24(16-32(33)45)30-20-42-36(29(18-40)35(30)25-5-6-26(17-39)31(38)15-25)44-13-11-27(12-14-44)41-19-23-3-8-28(9-4-23)49-21-34(46)43-48;2-1-3/h3-10,15-16,20,27,41,45,47-48H,11-14,19,21-22H2,1-2H3,(H,43,46);1H,(H,2,3). The number of carbonyl (C=O) groups excluding carboxylic acids is 1. The van der Waals surface area contributed by atoms with E-state index in [0.29, 0.717) is 53.5 Å². The van der Waals surface area contributed by atoms with Crippen LogP contribution in [0, 0.1) is 28.5 Å². The van der Waals surface area contributed by atoms with Gasteiger partial charge in [0.15, 0.2) is 18.1 Å². The van der Waals surface area contributed by atoms with Gasteiger partial charge in [0, 0.05) is 43.0 Å². The van der Waals surface area contributed by atoms with E-state index in [0.717, 1.165) is 18.4 Å². The number of nitrogens with zero attached hydrogens (tertiary/aromatic N) is 4. The molecule has 0 spiro atoms. The van der Waals surface area contributed by atoms with Gasteiger partial charge in [0.2, 0.25) is 0 Å². The van der Waals surface area contributed by atoms with Crippen LogP contribution in [0.3, 0.4) is 0 Å². The number of aromatic nitrogens is 1. The lowest BCUT2D eigenvalue weighted by molar-refractivity contribution is -0.131. The number of hydroxylamine groups is 1. The van der Waals surface area contributed by atoms with Crippen LogP contribution in [0.1, 0.15) is 43.4 Å². The van der Waals surface area contributed by atoms with Crippen LogP contribution in [0.25, 0.3) is 22.3 Å². The van der Waals surface area contributed by atoms with E-state index in [1.807, 2.05) is 23.1 Å². The maximum absolute atomic E-state index is 14.9. The Labute approximate surface area is 305 Å². The summed E-state index contributed by atoms with van der Waals surface area (Å²) < 4.78 is 25.8. The van der Waals surface area contributed by atoms with Gasteiger partial charge < -0.3 is 35.0 Å². The van der Waals surface area contributed by atoms with E-state index in [1.165, 1.54) is 23.7 Å². The zero-order valence-corrected chi connectivity index (χ0v) is 29.0. The molecular formula is C38H39FN6O8. The van der Waals surface area contributed by atoms with Crippen molar-refractivity contribution in [2.24, 2.45) is 0 Å². The number of phenols is 1. The van der Waals surface area contributed by atoms with E-state index in [1.54, 1.807) is 50.4 Å². The number of piperidine rings is 1. The lowest BCUT2D eigenvalue weighted by Crippen LogP contribution is -2.42. The molecule has 0 bridgehead atoms. The summed E-state index contributed by atoms with van der Waals surface area (Å²) in [5, 5.41) is 59.7. The molecule has 1 saturated heterocycles. The van der Waals surface area contributed by atoms with Gasteiger partial charge in [-0.05, 0) is 79.8 Å². The number of hydrogen-bond acceptors (Lipinski definition) is 12. The molecule has 1 aromatic heterocycles. The van der Waals surface area contributed by atoms with Gasteiger partial charge in [-0.2, -0.15) is 10.5 Å². The minimum Gasteiger partial charge on any atom is -0.504 e. The number of pyridine rings is 1. The van der Waals surface area contributed by atoms with Crippen LogP contribution in [-0.2, 0) is 16.1 Å². The third-order valence-corrected chi connectivity index (χ3v) is 8.21. The minimum absolute atomic E-state index is 0.0473. The molecule has 0 saturated carbocycles. The Bertz CT molecular complexity index is 1980. The number of nitrogens with one attached hydrogen (secondary N) is 2. The maximum atomic E-state index is 14.9. The number of amides is 1. The van der Waals surface area contributed by atoms with Crippen LogP contribution in [0.5, 0.6) is 17.2 Å². The highest BCUT2D eigenvalue weighted by molar-refractivity contribution is 5.90. The highest BCUT2D eigenvalue weighted by Gasteiger charge is 2.26. The molecule has 14 nitrogen and oxygen atoms in total. The fourth-order valence-electron chi connectivity index (χ4n) is 5.63. The van der Waals surface area contributed by atoms with Gasteiger partial charge in [0.1, 0.15) is 41.7 Å². The molecule has 5 rings (SSSR count). The summed E-state index contributed by atoms with van der Waals surface area (Å²) in [4.78, 5) is 26.3. The Kier molecular flexibility index (Phi) is 13.6. The molecule has 276 valence electrons. The number of carboxylic acid groups (broad SMARTS) is 1. The summed E-state index contributed by atoms with van der Waals surface area (Å²) in [6.07, 6.45) is 3.14. The molecule has 4 aromatic rings. The first-order chi connectivity index (χ1) is 25.4. The average Bonchev–Trinajstić information content (AvgIpc) is 3.15. The van der Waals surface area contributed by atoms with Crippen molar-refractivity contribution >= 4 is 18.2 Å². The molecule has 1 amide bonds. The van der Waals surface area contributed by atoms with Crippen LogP contribution in [0.15, 0.2) is 66.9 Å². The number of nitriles is 2. The van der Waals surface area contributed by atoms with Crippen LogP contribution >= 0.6 is 0 Å². The van der Waals surface area contributed by atoms with Gasteiger partial charge >= 0.3 is 0 Å². The third kappa shape index (κ3) is 10.6. The molecule has 1 fully saturated rings. The molecule has 3 aromatic carbocycles. The average molecular weight is 727 g/mol. The number of benzene rings is 3. The number of aliphatic hydroxyl groups is 1. The van der Waals surface area contributed by atoms with Crippen molar-refractivity contribution < 1.29 is 44.0 Å². The molecule has 1 aliphatic rings. The molecular weight excluding hydrogens is 687 g/mol. The predicted octanol–water partition coefficient (Wildman–Crippen LogP) is 4.50. The van der Waals surface area contributed by atoms with Crippen molar-refractivity contribution in [2.75, 3.05) is 31.2 Å². The molecule has 0 aliphatic carbocycles. The first kappa shape index (κ1) is 39.5. The van der Waals surface area contributed by atoms with E-state index in [2.05, 4.69) is 11.4 Å². The highest BCUT2D eigenvalue weighted by atomic mass is 19.1. The number of hydrogen-bond donors (Lipinski definition) is 6. The number of phenolic OH excluding ortho intramolecular Hbond substituents is 1. The molecule has 0 radical (unpaired) electrons. The van der Waals surface area contributed by atoms with E-state index in [4.69, 9.17) is 29.6 Å². The van der Waals surface area contributed by atoms with Gasteiger partial charge in [-0.25, -0.2) is 14.9 Å². The fraction of sp³-hybridized carbons (Fsp3) is 0.289. The second-order valence-electron chi connectivity index (χ2n) is 12.7. The molecule has 0 atom stereocenters. The number of carbonyl (C=O) groups is 2. The van der Waals surface area contributed by atoms with Gasteiger partial charge in [0.05, 0.1) is 11.2 Å². The normalized spacial score (nSPS) is 12.8. The zero-order valence-electron chi connectivity index (χ0n) is 29.0. The Morgan fingerprint density at radius 2 is 1.74 bits per heavy atom. The van der Waals surface area contributed by atoms with Crippen molar-refractivity contribution in [3.63, 3.8) is 0 Å². The van der Waals surface area contributed by atoms with E-state index in [-0.39, 0.29) is 48.4 Å². The maximum Gasteiger partial charge on any atom is 0.290 e. The summed E-state index contributed by atoms with van der Waals surface area (Å²) in [6, 6.07) is 20.5. The number of aromatic hydroxyl groups is 1. The Morgan fingerprint density at radius 3 is 2.32 bits per heavy atom. The van der Waals surface area contributed by atoms with E-state index >= 15 is 0 Å². The number of rotatable bonds is 12. The van der Waals surface area contributed by atoms with Gasteiger partial charge in [-0.1, -0.05) is 24.3 Å². The smallest absolute Gasteiger partial charge is 0.290 e. The first-order valence-corrected chi connectivity index (χ1v) is 16.4. The zero-order chi connectivity index (χ0) is 38.5. The molecule has 53 heavy (non-hydrogen) atoms. The topological polar surface area (TPSA) is 221 Å². The second-order valence-corrected chi connectivity index (χ2v) is 12.7. The van der Waals surface area contributed by atoms with Crippen molar-refractivity contribution in [2.45, 2.75) is 44.9 Å². The molecule has 0 unspecified atom stereocenters. The van der Waals surface area contributed by atoms with Crippen LogP contribution in [0.4, 0.5) is 10.2 Å². The van der Waals surface area contributed by atoms with Gasteiger partial charge in [0.25, 0.3) is 12.4 Å². The largest absolute Gasteiger partial charge is 0.504 e. The molecule has 15 heteroatoms. The number of anilines is 1. The van der Waals surface area contributed by atoms with Gasteiger partial charge in [-0.3, -0.25) is 14.8 Å². The summed E-state index contributed by atoms with van der Waals surface area (Å²) in [5.41, 5.74) is 3.31. The molecule has 6 N–H and O–H groups in total. The molecule has 2 heterocycles. The van der Waals surface area contributed by atoms with E-state index in [9.17, 15) is 29.9 Å².